The van der Waals surface area contributed by atoms with Gasteiger partial charge in [0.05, 0.1) is 11.1 Å². The van der Waals surface area contributed by atoms with E-state index in [4.69, 9.17) is 5.73 Å². The lowest BCUT2D eigenvalue weighted by atomic mass is 9.98. The van der Waals surface area contributed by atoms with Gasteiger partial charge in [0.25, 0.3) is 11.8 Å². The first-order valence-electron chi connectivity index (χ1n) is 10.9. The number of para-hydroxylation sites is 1. The van der Waals surface area contributed by atoms with Gasteiger partial charge in [-0.05, 0) is 48.7 Å². The fourth-order valence-corrected chi connectivity index (χ4v) is 5.02. The highest BCUT2D eigenvalue weighted by molar-refractivity contribution is 6.23. The molecule has 0 aliphatic carbocycles. The van der Waals surface area contributed by atoms with Gasteiger partial charge in [0.2, 0.25) is 11.8 Å². The van der Waals surface area contributed by atoms with E-state index in [0.29, 0.717) is 30.1 Å². The monoisotopic (exact) mass is 432 g/mol. The Hall–Kier alpha value is -3.52. The van der Waals surface area contributed by atoms with Crippen molar-refractivity contribution in [2.45, 2.75) is 37.8 Å². The molecule has 8 nitrogen and oxygen atoms in total. The van der Waals surface area contributed by atoms with Crippen molar-refractivity contribution in [3.63, 3.8) is 0 Å². The molecule has 0 spiro atoms. The number of hydrogen-bond acceptors (Lipinski definition) is 6. The maximum absolute atomic E-state index is 13.1. The quantitative estimate of drug-likeness (QED) is 0.693. The molecule has 2 aromatic rings. The molecule has 3 heterocycles. The number of fused-ring (bicyclic) bond motifs is 2. The zero-order valence-electron chi connectivity index (χ0n) is 17.5. The van der Waals surface area contributed by atoms with Gasteiger partial charge in [-0.25, -0.2) is 0 Å². The van der Waals surface area contributed by atoms with Crippen molar-refractivity contribution < 1.29 is 19.2 Å². The van der Waals surface area contributed by atoms with Crippen LogP contribution >= 0.6 is 0 Å². The number of nitrogens with one attached hydrogen (secondary N) is 1. The minimum Gasteiger partial charge on any atom is -0.366 e. The van der Waals surface area contributed by atoms with Crippen molar-refractivity contribution in [1.82, 2.24) is 10.2 Å². The van der Waals surface area contributed by atoms with Crippen LogP contribution in [0.4, 0.5) is 5.69 Å². The van der Waals surface area contributed by atoms with Crippen LogP contribution in [0.3, 0.4) is 0 Å². The Morgan fingerprint density at radius 3 is 2.56 bits per heavy atom. The first kappa shape index (κ1) is 20.4. The SMILES string of the molecule is NCCC1CN(Cc2ccc3c(c2)C(=O)N(C2CCC(=O)NC2=O)C3=O)c2ccccc21. The molecule has 2 aromatic carbocycles. The van der Waals surface area contributed by atoms with Crippen molar-refractivity contribution in [3.05, 3.63) is 64.7 Å². The van der Waals surface area contributed by atoms with E-state index in [0.717, 1.165) is 23.4 Å². The highest BCUT2D eigenvalue weighted by Crippen LogP contribution is 2.39. The number of amides is 4. The van der Waals surface area contributed by atoms with E-state index in [1.54, 1.807) is 12.1 Å². The molecule has 164 valence electrons. The van der Waals surface area contributed by atoms with Crippen LogP contribution in [0.1, 0.15) is 57.0 Å². The summed E-state index contributed by atoms with van der Waals surface area (Å²) in [5, 5.41) is 2.22. The average molecular weight is 432 g/mol. The summed E-state index contributed by atoms with van der Waals surface area (Å²) in [5.74, 6) is -1.58. The molecule has 1 fully saturated rings. The van der Waals surface area contributed by atoms with E-state index in [1.165, 1.54) is 11.3 Å². The van der Waals surface area contributed by atoms with Crippen LogP contribution in [0.25, 0.3) is 0 Å². The van der Waals surface area contributed by atoms with Crippen molar-refractivity contribution in [3.8, 4) is 0 Å². The minimum absolute atomic E-state index is 0.105. The Bertz CT molecular complexity index is 1140. The number of imide groups is 2. The Morgan fingerprint density at radius 1 is 1.00 bits per heavy atom. The van der Waals surface area contributed by atoms with Crippen molar-refractivity contribution in [2.24, 2.45) is 5.73 Å². The standard InChI is InChI=1S/C24H24N4O4/c25-10-9-15-13-27(19-4-2-1-3-16(15)19)12-14-5-6-17-18(11-14)24(32)28(23(17)31)20-7-8-21(29)26-22(20)30/h1-6,11,15,20H,7-10,12-13,25H2,(H,26,29,30). The predicted molar refractivity (Wildman–Crippen MR) is 117 cm³/mol. The molecule has 8 heteroatoms. The molecule has 1 saturated heterocycles. The van der Waals surface area contributed by atoms with Gasteiger partial charge in [-0.2, -0.15) is 0 Å². The summed E-state index contributed by atoms with van der Waals surface area (Å²) in [5.41, 5.74) is 9.78. The zero-order valence-corrected chi connectivity index (χ0v) is 17.5. The smallest absolute Gasteiger partial charge is 0.262 e. The molecular weight excluding hydrogens is 408 g/mol. The third kappa shape index (κ3) is 3.27. The summed E-state index contributed by atoms with van der Waals surface area (Å²) >= 11 is 0. The summed E-state index contributed by atoms with van der Waals surface area (Å²) in [7, 11) is 0. The van der Waals surface area contributed by atoms with E-state index in [2.05, 4.69) is 22.3 Å². The van der Waals surface area contributed by atoms with Crippen LogP contribution in [-0.4, -0.2) is 47.7 Å². The topological polar surface area (TPSA) is 113 Å². The maximum Gasteiger partial charge on any atom is 0.262 e. The van der Waals surface area contributed by atoms with E-state index < -0.39 is 23.8 Å². The number of piperidine rings is 1. The van der Waals surface area contributed by atoms with Gasteiger partial charge in [0.15, 0.2) is 0 Å². The Labute approximate surface area is 185 Å². The Morgan fingerprint density at radius 2 is 1.78 bits per heavy atom. The number of anilines is 1. The van der Waals surface area contributed by atoms with Crippen LogP contribution < -0.4 is 16.0 Å². The zero-order chi connectivity index (χ0) is 22.4. The fourth-order valence-electron chi connectivity index (χ4n) is 5.02. The van der Waals surface area contributed by atoms with Gasteiger partial charge in [0, 0.05) is 31.1 Å². The van der Waals surface area contributed by atoms with E-state index in [9.17, 15) is 19.2 Å². The third-order valence-corrected chi connectivity index (χ3v) is 6.55. The largest absolute Gasteiger partial charge is 0.366 e. The van der Waals surface area contributed by atoms with Crippen LogP contribution in [0, 0.1) is 0 Å². The molecule has 0 saturated carbocycles. The highest BCUT2D eigenvalue weighted by atomic mass is 16.2. The lowest BCUT2D eigenvalue weighted by Gasteiger charge is -2.27. The van der Waals surface area contributed by atoms with Crippen molar-refractivity contribution >= 4 is 29.3 Å². The number of carbonyl (C=O) groups is 4. The van der Waals surface area contributed by atoms with Crippen LogP contribution in [0.15, 0.2) is 42.5 Å². The fraction of sp³-hybridized carbons (Fsp3) is 0.333. The first-order valence-corrected chi connectivity index (χ1v) is 10.9. The molecule has 0 aromatic heterocycles. The number of rotatable bonds is 5. The normalized spacial score (nSPS) is 22.3. The van der Waals surface area contributed by atoms with Gasteiger partial charge >= 0.3 is 0 Å². The first-order chi connectivity index (χ1) is 15.5. The molecule has 0 bridgehead atoms. The molecule has 3 aliphatic rings. The van der Waals surface area contributed by atoms with Gasteiger partial charge in [-0.15, -0.1) is 0 Å². The van der Waals surface area contributed by atoms with Gasteiger partial charge in [-0.3, -0.25) is 29.4 Å². The molecule has 4 amide bonds. The summed E-state index contributed by atoms with van der Waals surface area (Å²) in [6.45, 7) is 2.08. The summed E-state index contributed by atoms with van der Waals surface area (Å²) in [6, 6.07) is 12.6. The number of nitrogens with two attached hydrogens (primary N) is 1. The molecular formula is C24H24N4O4. The van der Waals surface area contributed by atoms with Crippen LogP contribution in [-0.2, 0) is 16.1 Å². The molecule has 5 rings (SSSR count). The summed E-state index contributed by atoms with van der Waals surface area (Å²) in [4.78, 5) is 52.9. The minimum atomic E-state index is -0.953. The lowest BCUT2D eigenvalue weighted by Crippen LogP contribution is -2.54. The second kappa shape index (κ2) is 7.87. The lowest BCUT2D eigenvalue weighted by molar-refractivity contribution is -0.136. The number of nitrogens with zero attached hydrogens (tertiary/aromatic N) is 2. The molecule has 2 atom stereocenters. The second-order valence-corrected chi connectivity index (χ2v) is 8.54. The molecule has 3 aliphatic heterocycles. The number of carbonyl (C=O) groups excluding carboxylic acids is 4. The maximum atomic E-state index is 13.1. The van der Waals surface area contributed by atoms with E-state index in [-0.39, 0.29) is 18.7 Å². The second-order valence-electron chi connectivity index (χ2n) is 8.54. The third-order valence-electron chi connectivity index (χ3n) is 6.55. The van der Waals surface area contributed by atoms with Crippen LogP contribution in [0.2, 0.25) is 0 Å². The average Bonchev–Trinajstić information content (AvgIpc) is 3.24. The van der Waals surface area contributed by atoms with Crippen molar-refractivity contribution in [1.29, 1.82) is 0 Å². The number of benzene rings is 2. The highest BCUT2D eigenvalue weighted by Gasteiger charge is 2.44. The molecule has 0 radical (unpaired) electrons. The molecule has 2 unspecified atom stereocenters. The summed E-state index contributed by atoms with van der Waals surface area (Å²) < 4.78 is 0. The Kier molecular flexibility index (Phi) is 5.01. The predicted octanol–water partition coefficient (Wildman–Crippen LogP) is 1.54. The van der Waals surface area contributed by atoms with Gasteiger partial charge < -0.3 is 10.6 Å². The van der Waals surface area contributed by atoms with E-state index >= 15 is 0 Å². The van der Waals surface area contributed by atoms with Crippen LogP contribution in [0.5, 0.6) is 0 Å². The van der Waals surface area contributed by atoms with Crippen molar-refractivity contribution in [2.75, 3.05) is 18.0 Å². The van der Waals surface area contributed by atoms with E-state index in [1.807, 2.05) is 18.2 Å². The number of hydrogen-bond donors (Lipinski definition) is 2. The molecule has 3 N–H and O–H groups in total. The Balaban J connectivity index is 1.39. The van der Waals surface area contributed by atoms with Gasteiger partial charge in [0.1, 0.15) is 6.04 Å². The summed E-state index contributed by atoms with van der Waals surface area (Å²) in [6.07, 6.45) is 1.16. The van der Waals surface area contributed by atoms with Gasteiger partial charge in [-0.1, -0.05) is 24.3 Å². The molecule has 32 heavy (non-hydrogen) atoms.